The van der Waals surface area contributed by atoms with Crippen LogP contribution in [0.3, 0.4) is 0 Å². The van der Waals surface area contributed by atoms with Gasteiger partial charge in [-0.15, -0.1) is 0 Å². The number of aromatic nitrogens is 1. The maximum atomic E-state index is 12.1. The molecule has 1 aromatic rings. The average Bonchev–Trinajstić information content (AvgIpc) is 2.44. The number of carbonyl (C=O) groups is 1. The number of amides is 1. The van der Waals surface area contributed by atoms with E-state index in [4.69, 9.17) is 11.6 Å². The molecule has 0 bridgehead atoms. The number of rotatable bonds is 4. The number of nitrogens with zero attached hydrogens (tertiary/aromatic N) is 1. The standard InChI is InChI=1S/C15H21ClN2O2/c1-2-12-7-11(8-14(16)18-12)15(20)17-9-10-4-3-5-13(19)6-10/h7-8,10,13,19H,2-6,9H2,1H3,(H,17,20). The van der Waals surface area contributed by atoms with Crippen molar-refractivity contribution >= 4 is 17.5 Å². The largest absolute Gasteiger partial charge is 0.393 e. The van der Waals surface area contributed by atoms with E-state index in [1.165, 1.54) is 0 Å². The lowest BCUT2D eigenvalue weighted by atomic mass is 9.87. The Hall–Kier alpha value is -1.13. The summed E-state index contributed by atoms with van der Waals surface area (Å²) < 4.78 is 0. The molecule has 2 atom stereocenters. The van der Waals surface area contributed by atoms with Crippen molar-refractivity contribution in [3.63, 3.8) is 0 Å². The minimum absolute atomic E-state index is 0.121. The van der Waals surface area contributed by atoms with Crippen LogP contribution >= 0.6 is 11.6 Å². The van der Waals surface area contributed by atoms with Gasteiger partial charge in [-0.05, 0) is 43.7 Å². The van der Waals surface area contributed by atoms with Gasteiger partial charge >= 0.3 is 0 Å². The van der Waals surface area contributed by atoms with Gasteiger partial charge < -0.3 is 10.4 Å². The quantitative estimate of drug-likeness (QED) is 0.840. The summed E-state index contributed by atoms with van der Waals surface area (Å²) in [5, 5.41) is 12.9. The fraction of sp³-hybridized carbons (Fsp3) is 0.600. The van der Waals surface area contributed by atoms with E-state index in [0.717, 1.165) is 37.8 Å². The third kappa shape index (κ3) is 4.18. The Morgan fingerprint density at radius 2 is 2.30 bits per heavy atom. The SMILES string of the molecule is CCc1cc(C(=O)NCC2CCCC(O)C2)cc(Cl)n1. The van der Waals surface area contributed by atoms with Gasteiger partial charge in [-0.1, -0.05) is 24.9 Å². The van der Waals surface area contributed by atoms with Gasteiger partial charge in [0.15, 0.2) is 0 Å². The van der Waals surface area contributed by atoms with Crippen LogP contribution in [0.25, 0.3) is 0 Å². The second-order valence-corrected chi connectivity index (χ2v) is 5.81. The zero-order chi connectivity index (χ0) is 14.5. The van der Waals surface area contributed by atoms with Crippen LogP contribution in [0.2, 0.25) is 5.15 Å². The minimum Gasteiger partial charge on any atom is -0.393 e. The molecular weight excluding hydrogens is 276 g/mol. The van der Waals surface area contributed by atoms with Crippen molar-refractivity contribution in [2.45, 2.75) is 45.1 Å². The molecule has 2 N–H and O–H groups in total. The first-order valence-electron chi connectivity index (χ1n) is 7.21. The third-order valence-electron chi connectivity index (χ3n) is 3.78. The Morgan fingerprint density at radius 1 is 1.50 bits per heavy atom. The Balaban J connectivity index is 1.93. The summed E-state index contributed by atoms with van der Waals surface area (Å²) in [5.41, 5.74) is 1.37. The van der Waals surface area contributed by atoms with Gasteiger partial charge in [0.05, 0.1) is 6.10 Å². The molecule has 1 aromatic heterocycles. The third-order valence-corrected chi connectivity index (χ3v) is 3.97. The molecule has 0 radical (unpaired) electrons. The van der Waals surface area contributed by atoms with E-state index in [1.54, 1.807) is 12.1 Å². The minimum atomic E-state index is -0.215. The zero-order valence-corrected chi connectivity index (χ0v) is 12.5. The van der Waals surface area contributed by atoms with E-state index >= 15 is 0 Å². The number of aryl methyl sites for hydroxylation is 1. The van der Waals surface area contributed by atoms with Gasteiger partial charge in [0.1, 0.15) is 5.15 Å². The van der Waals surface area contributed by atoms with Crippen molar-refractivity contribution in [3.05, 3.63) is 28.5 Å². The van der Waals surface area contributed by atoms with Crippen LogP contribution in [0.15, 0.2) is 12.1 Å². The monoisotopic (exact) mass is 296 g/mol. The Kier molecular flexibility index (Phi) is 5.38. The Labute approximate surface area is 124 Å². The summed E-state index contributed by atoms with van der Waals surface area (Å²) in [7, 11) is 0. The van der Waals surface area contributed by atoms with Crippen LogP contribution in [0.4, 0.5) is 0 Å². The molecule has 1 amide bonds. The topological polar surface area (TPSA) is 62.2 Å². The highest BCUT2D eigenvalue weighted by molar-refractivity contribution is 6.29. The molecule has 1 heterocycles. The fourth-order valence-corrected chi connectivity index (χ4v) is 2.88. The highest BCUT2D eigenvalue weighted by Gasteiger charge is 2.20. The van der Waals surface area contributed by atoms with Crippen LogP contribution in [0, 0.1) is 5.92 Å². The van der Waals surface area contributed by atoms with Crippen LogP contribution in [-0.2, 0) is 6.42 Å². The number of hydrogen-bond donors (Lipinski definition) is 2. The first-order valence-corrected chi connectivity index (χ1v) is 7.59. The highest BCUT2D eigenvalue weighted by Crippen LogP contribution is 2.23. The van der Waals surface area contributed by atoms with Crippen LogP contribution in [0.5, 0.6) is 0 Å². The summed E-state index contributed by atoms with van der Waals surface area (Å²) in [4.78, 5) is 16.3. The van der Waals surface area contributed by atoms with Gasteiger partial charge in [-0.25, -0.2) is 4.98 Å². The van der Waals surface area contributed by atoms with Crippen LogP contribution < -0.4 is 5.32 Å². The van der Waals surface area contributed by atoms with Gasteiger partial charge in [-0.2, -0.15) is 0 Å². The van der Waals surface area contributed by atoms with E-state index in [9.17, 15) is 9.90 Å². The normalized spacial score (nSPS) is 22.6. The lowest BCUT2D eigenvalue weighted by Gasteiger charge is -2.25. The number of halogens is 1. The maximum Gasteiger partial charge on any atom is 0.251 e. The van der Waals surface area contributed by atoms with Gasteiger partial charge in [-0.3, -0.25) is 4.79 Å². The van der Waals surface area contributed by atoms with Crippen LogP contribution in [0.1, 0.15) is 48.7 Å². The van der Waals surface area contributed by atoms with Gasteiger partial charge in [0.2, 0.25) is 0 Å². The van der Waals surface area contributed by atoms with Gasteiger partial charge in [0, 0.05) is 17.8 Å². The molecule has 1 aliphatic rings. The lowest BCUT2D eigenvalue weighted by Crippen LogP contribution is -2.33. The van der Waals surface area contributed by atoms with Crippen molar-refractivity contribution in [1.82, 2.24) is 10.3 Å². The number of hydrogen-bond acceptors (Lipinski definition) is 3. The molecule has 1 aliphatic carbocycles. The first kappa shape index (κ1) is 15.3. The molecule has 0 saturated heterocycles. The molecule has 1 saturated carbocycles. The number of aliphatic hydroxyl groups is 1. The second kappa shape index (κ2) is 7.04. The summed E-state index contributed by atoms with van der Waals surface area (Å²) in [6.07, 6.45) is 4.28. The second-order valence-electron chi connectivity index (χ2n) is 5.42. The maximum absolute atomic E-state index is 12.1. The van der Waals surface area contributed by atoms with Crippen molar-refractivity contribution in [2.75, 3.05) is 6.54 Å². The fourth-order valence-electron chi connectivity index (χ4n) is 2.65. The predicted molar refractivity (Wildman–Crippen MR) is 78.9 cm³/mol. The Morgan fingerprint density at radius 3 is 3.00 bits per heavy atom. The van der Waals surface area contributed by atoms with Crippen molar-refractivity contribution in [1.29, 1.82) is 0 Å². The molecule has 20 heavy (non-hydrogen) atoms. The van der Waals surface area contributed by atoms with Crippen LogP contribution in [-0.4, -0.2) is 28.6 Å². The summed E-state index contributed by atoms with van der Waals surface area (Å²) in [5.74, 6) is 0.245. The number of aliphatic hydroxyl groups excluding tert-OH is 1. The number of carbonyl (C=O) groups excluding carboxylic acids is 1. The molecule has 0 spiro atoms. The number of nitrogens with one attached hydrogen (secondary N) is 1. The smallest absolute Gasteiger partial charge is 0.251 e. The summed E-state index contributed by atoms with van der Waals surface area (Å²) in [6, 6.07) is 3.36. The molecule has 4 nitrogen and oxygen atoms in total. The number of pyridine rings is 1. The van der Waals surface area contributed by atoms with E-state index in [-0.39, 0.29) is 12.0 Å². The van der Waals surface area contributed by atoms with E-state index < -0.39 is 0 Å². The average molecular weight is 297 g/mol. The van der Waals surface area contributed by atoms with E-state index in [0.29, 0.717) is 23.2 Å². The van der Waals surface area contributed by atoms with Crippen molar-refractivity contribution < 1.29 is 9.90 Å². The molecule has 1 fully saturated rings. The van der Waals surface area contributed by atoms with Gasteiger partial charge in [0.25, 0.3) is 5.91 Å². The molecular formula is C15H21ClN2O2. The summed E-state index contributed by atoms with van der Waals surface area (Å²) >= 11 is 5.92. The summed E-state index contributed by atoms with van der Waals surface area (Å²) in [6.45, 7) is 2.58. The first-order chi connectivity index (χ1) is 9.58. The highest BCUT2D eigenvalue weighted by atomic mass is 35.5. The Bertz CT molecular complexity index is 479. The predicted octanol–water partition coefficient (Wildman–Crippen LogP) is 2.58. The van der Waals surface area contributed by atoms with Crippen molar-refractivity contribution in [3.8, 4) is 0 Å². The molecule has 5 heteroatoms. The zero-order valence-electron chi connectivity index (χ0n) is 11.7. The molecule has 0 aromatic carbocycles. The van der Waals surface area contributed by atoms with E-state index in [1.807, 2.05) is 6.92 Å². The lowest BCUT2D eigenvalue weighted by molar-refractivity contribution is 0.0873. The molecule has 2 rings (SSSR count). The molecule has 0 aliphatic heterocycles. The van der Waals surface area contributed by atoms with E-state index in [2.05, 4.69) is 10.3 Å². The van der Waals surface area contributed by atoms with Crippen molar-refractivity contribution in [2.24, 2.45) is 5.92 Å². The molecule has 2 unspecified atom stereocenters. The molecule has 110 valence electrons.